The standard InChI is InChI=1S/C24H23N5O3S2/c1-4-29-21(17-11-8-12-25-13-17)27-28-24(29)33-14-18(30)26-22-20(23(31)32-3)19(15(2)34-22)16-9-6-5-7-10-16/h5-13H,4,14H2,1-3H3,(H,26,30). The maximum Gasteiger partial charge on any atom is 0.341 e. The summed E-state index contributed by atoms with van der Waals surface area (Å²) in [5, 5.41) is 12.5. The molecule has 1 amide bonds. The van der Waals surface area contributed by atoms with Crippen molar-refractivity contribution >= 4 is 40.0 Å². The van der Waals surface area contributed by atoms with E-state index < -0.39 is 5.97 Å². The molecule has 4 aromatic rings. The van der Waals surface area contributed by atoms with Gasteiger partial charge in [0.1, 0.15) is 10.6 Å². The maximum atomic E-state index is 12.8. The Kier molecular flexibility index (Phi) is 7.39. The van der Waals surface area contributed by atoms with Crippen LogP contribution in [0.2, 0.25) is 0 Å². The summed E-state index contributed by atoms with van der Waals surface area (Å²) in [6.45, 7) is 4.57. The normalized spacial score (nSPS) is 10.8. The number of amides is 1. The summed E-state index contributed by atoms with van der Waals surface area (Å²) in [7, 11) is 1.34. The summed E-state index contributed by atoms with van der Waals surface area (Å²) in [6.07, 6.45) is 3.43. The predicted molar refractivity (Wildman–Crippen MR) is 134 cm³/mol. The van der Waals surface area contributed by atoms with Crippen molar-refractivity contribution in [2.24, 2.45) is 0 Å². The number of esters is 1. The topological polar surface area (TPSA) is 99.0 Å². The summed E-state index contributed by atoms with van der Waals surface area (Å²) in [4.78, 5) is 30.5. The molecule has 0 spiro atoms. The fraction of sp³-hybridized carbons (Fsp3) is 0.208. The van der Waals surface area contributed by atoms with Crippen molar-refractivity contribution in [3.63, 3.8) is 0 Å². The number of nitrogens with one attached hydrogen (secondary N) is 1. The third kappa shape index (κ3) is 4.87. The number of thiophene rings is 1. The van der Waals surface area contributed by atoms with Crippen LogP contribution in [-0.4, -0.2) is 44.5 Å². The van der Waals surface area contributed by atoms with Gasteiger partial charge in [-0.2, -0.15) is 0 Å². The summed E-state index contributed by atoms with van der Waals surface area (Å²) in [5.41, 5.74) is 2.89. The number of aromatic nitrogens is 4. The molecule has 0 saturated heterocycles. The highest BCUT2D eigenvalue weighted by atomic mass is 32.2. The van der Waals surface area contributed by atoms with Gasteiger partial charge in [-0.25, -0.2) is 4.79 Å². The molecule has 10 heteroatoms. The van der Waals surface area contributed by atoms with Crippen molar-refractivity contribution in [3.8, 4) is 22.5 Å². The van der Waals surface area contributed by atoms with E-state index in [1.165, 1.54) is 30.2 Å². The second kappa shape index (κ2) is 10.6. The minimum absolute atomic E-state index is 0.114. The number of rotatable bonds is 8. The number of thioether (sulfide) groups is 1. The van der Waals surface area contributed by atoms with E-state index in [1.54, 1.807) is 12.4 Å². The zero-order chi connectivity index (χ0) is 24.1. The van der Waals surface area contributed by atoms with Crippen LogP contribution in [0.1, 0.15) is 22.2 Å². The number of carbonyl (C=O) groups is 2. The molecule has 3 aromatic heterocycles. The van der Waals surface area contributed by atoms with Gasteiger partial charge in [0, 0.05) is 34.9 Å². The number of hydrogen-bond donors (Lipinski definition) is 1. The minimum atomic E-state index is -0.488. The number of hydrogen-bond acceptors (Lipinski definition) is 8. The third-order valence-corrected chi connectivity index (χ3v) is 7.06. The second-order valence-electron chi connectivity index (χ2n) is 7.22. The van der Waals surface area contributed by atoms with E-state index in [1.807, 2.05) is 60.9 Å². The van der Waals surface area contributed by atoms with Gasteiger partial charge in [0.05, 0.1) is 12.9 Å². The fourth-order valence-electron chi connectivity index (χ4n) is 3.56. The molecule has 8 nitrogen and oxygen atoms in total. The molecule has 0 aliphatic carbocycles. The van der Waals surface area contributed by atoms with Gasteiger partial charge in [0.25, 0.3) is 0 Å². The van der Waals surface area contributed by atoms with Crippen LogP contribution in [0, 0.1) is 6.92 Å². The van der Waals surface area contributed by atoms with Crippen molar-refractivity contribution in [2.45, 2.75) is 25.5 Å². The van der Waals surface area contributed by atoms with Gasteiger partial charge in [-0.05, 0) is 31.5 Å². The molecule has 0 unspecified atom stereocenters. The molecule has 1 N–H and O–H groups in total. The number of anilines is 1. The number of methoxy groups -OCH3 is 1. The average Bonchev–Trinajstić information content (AvgIpc) is 3.43. The van der Waals surface area contributed by atoms with E-state index in [2.05, 4.69) is 20.5 Å². The van der Waals surface area contributed by atoms with E-state index in [0.29, 0.717) is 28.1 Å². The van der Waals surface area contributed by atoms with E-state index in [0.717, 1.165) is 21.6 Å². The number of nitrogens with zero attached hydrogens (tertiary/aromatic N) is 4. The highest BCUT2D eigenvalue weighted by Crippen LogP contribution is 2.40. The summed E-state index contributed by atoms with van der Waals surface area (Å²) >= 11 is 2.64. The van der Waals surface area contributed by atoms with E-state index >= 15 is 0 Å². The molecule has 34 heavy (non-hydrogen) atoms. The second-order valence-corrected chi connectivity index (χ2v) is 9.39. The Bertz CT molecular complexity index is 1300. The van der Waals surface area contributed by atoms with Crippen LogP contribution in [0.25, 0.3) is 22.5 Å². The molecule has 0 saturated carbocycles. The van der Waals surface area contributed by atoms with E-state index in [-0.39, 0.29) is 11.7 Å². The lowest BCUT2D eigenvalue weighted by Gasteiger charge is -2.09. The first-order valence-corrected chi connectivity index (χ1v) is 12.4. The first kappa shape index (κ1) is 23.7. The molecule has 0 aliphatic heterocycles. The first-order valence-electron chi connectivity index (χ1n) is 10.6. The molecule has 174 valence electrons. The summed E-state index contributed by atoms with van der Waals surface area (Å²) in [5.74, 6) is 0.0825. The maximum absolute atomic E-state index is 12.8. The Balaban J connectivity index is 1.53. The van der Waals surface area contributed by atoms with Crippen LogP contribution in [0.4, 0.5) is 5.00 Å². The van der Waals surface area contributed by atoms with Crippen LogP contribution in [-0.2, 0) is 16.1 Å². The van der Waals surface area contributed by atoms with Gasteiger partial charge in [-0.1, -0.05) is 42.1 Å². The Morgan fingerprint density at radius 3 is 2.56 bits per heavy atom. The van der Waals surface area contributed by atoms with Crippen LogP contribution < -0.4 is 5.32 Å². The smallest absolute Gasteiger partial charge is 0.341 e. The Hall–Kier alpha value is -3.50. The van der Waals surface area contributed by atoms with Crippen LogP contribution in [0.3, 0.4) is 0 Å². The molecule has 3 heterocycles. The molecule has 4 rings (SSSR count). The van der Waals surface area contributed by atoms with Crippen molar-refractivity contribution < 1.29 is 14.3 Å². The predicted octanol–water partition coefficient (Wildman–Crippen LogP) is 4.91. The molecule has 0 fully saturated rings. The summed E-state index contributed by atoms with van der Waals surface area (Å²) in [6, 6.07) is 13.4. The first-order chi connectivity index (χ1) is 16.5. The van der Waals surface area contributed by atoms with E-state index in [4.69, 9.17) is 4.74 Å². The SMILES string of the molecule is CCn1c(SCC(=O)Nc2sc(C)c(-c3ccccc3)c2C(=O)OC)nnc1-c1cccnc1. The lowest BCUT2D eigenvalue weighted by molar-refractivity contribution is -0.113. The van der Waals surface area contributed by atoms with Crippen molar-refractivity contribution in [3.05, 3.63) is 65.3 Å². The molecule has 0 radical (unpaired) electrons. The molecule has 0 atom stereocenters. The third-order valence-electron chi connectivity index (χ3n) is 5.07. The van der Waals surface area contributed by atoms with Gasteiger partial charge in [-0.3, -0.25) is 9.78 Å². The molecule has 0 aliphatic rings. The molecular weight excluding hydrogens is 470 g/mol. The molecule has 0 bridgehead atoms. The number of ether oxygens (including phenoxy) is 1. The van der Waals surface area contributed by atoms with Crippen molar-refractivity contribution in [1.29, 1.82) is 0 Å². The lowest BCUT2D eigenvalue weighted by atomic mass is 10.0. The number of pyridine rings is 1. The van der Waals surface area contributed by atoms with Gasteiger partial charge in [-0.15, -0.1) is 21.5 Å². The lowest BCUT2D eigenvalue weighted by Crippen LogP contribution is -2.16. The Morgan fingerprint density at radius 2 is 1.88 bits per heavy atom. The quantitative estimate of drug-likeness (QED) is 0.275. The zero-order valence-electron chi connectivity index (χ0n) is 18.9. The fourth-order valence-corrected chi connectivity index (χ4v) is 5.45. The Morgan fingerprint density at radius 1 is 1.12 bits per heavy atom. The van der Waals surface area contributed by atoms with Crippen LogP contribution in [0.15, 0.2) is 60.0 Å². The number of aryl methyl sites for hydroxylation is 1. The largest absolute Gasteiger partial charge is 0.465 e. The van der Waals surface area contributed by atoms with Gasteiger partial charge < -0.3 is 14.6 Å². The van der Waals surface area contributed by atoms with Crippen molar-refractivity contribution in [2.75, 3.05) is 18.2 Å². The number of carbonyl (C=O) groups excluding carboxylic acids is 2. The monoisotopic (exact) mass is 493 g/mol. The minimum Gasteiger partial charge on any atom is -0.465 e. The van der Waals surface area contributed by atoms with Gasteiger partial charge in [0.15, 0.2) is 11.0 Å². The van der Waals surface area contributed by atoms with Gasteiger partial charge >= 0.3 is 5.97 Å². The van der Waals surface area contributed by atoms with Crippen LogP contribution >= 0.6 is 23.1 Å². The van der Waals surface area contributed by atoms with E-state index in [9.17, 15) is 9.59 Å². The zero-order valence-corrected chi connectivity index (χ0v) is 20.6. The molecular formula is C24H23N5O3S2. The molecule has 1 aromatic carbocycles. The Labute approximate surface area is 205 Å². The average molecular weight is 494 g/mol. The van der Waals surface area contributed by atoms with Gasteiger partial charge in [0.2, 0.25) is 5.91 Å². The number of benzene rings is 1. The van der Waals surface area contributed by atoms with Crippen molar-refractivity contribution in [1.82, 2.24) is 19.7 Å². The van der Waals surface area contributed by atoms with Crippen LogP contribution in [0.5, 0.6) is 0 Å². The highest BCUT2D eigenvalue weighted by Gasteiger charge is 2.25. The summed E-state index contributed by atoms with van der Waals surface area (Å²) < 4.78 is 6.96. The highest BCUT2D eigenvalue weighted by molar-refractivity contribution is 7.99.